The van der Waals surface area contributed by atoms with Gasteiger partial charge in [-0.25, -0.2) is 4.98 Å². The number of halogens is 3. The summed E-state index contributed by atoms with van der Waals surface area (Å²) in [5.74, 6) is 0.213. The first-order chi connectivity index (χ1) is 14.4. The zero-order valence-corrected chi connectivity index (χ0v) is 16.6. The highest BCUT2D eigenvalue weighted by Crippen LogP contribution is 2.30. The number of alkyl halides is 3. The summed E-state index contributed by atoms with van der Waals surface area (Å²) in [6.07, 6.45) is 3.40. The van der Waals surface area contributed by atoms with Crippen LogP contribution >= 0.6 is 0 Å². The summed E-state index contributed by atoms with van der Waals surface area (Å²) in [6, 6.07) is 8.38. The fraction of sp³-hybridized carbons (Fsp3) is 0.455. The van der Waals surface area contributed by atoms with Crippen LogP contribution in [0.1, 0.15) is 54.4 Å². The molecule has 1 heterocycles. The fourth-order valence-electron chi connectivity index (χ4n) is 3.26. The highest BCUT2D eigenvalue weighted by molar-refractivity contribution is 5.94. The summed E-state index contributed by atoms with van der Waals surface area (Å²) < 4.78 is 48.9. The molecule has 0 unspecified atom stereocenters. The van der Waals surface area contributed by atoms with E-state index in [1.54, 1.807) is 24.3 Å². The molecule has 0 radical (unpaired) electrons. The summed E-state index contributed by atoms with van der Waals surface area (Å²) in [6.45, 7) is 1.16. The standard InChI is InChI=1S/C22H25F3N2O3/c23-22(24,25)17-9-12-20(27-15-17)30-19-10-7-16(8-11-19)21(28)26-13-4-14-29-18-5-2-1-3-6-18/h7-12,15,18H,1-6,13-14H2,(H,26,28). The number of nitrogens with zero attached hydrogens (tertiary/aromatic N) is 1. The van der Waals surface area contributed by atoms with Crippen LogP contribution in [-0.4, -0.2) is 30.1 Å². The van der Waals surface area contributed by atoms with E-state index >= 15 is 0 Å². The third-order valence-electron chi connectivity index (χ3n) is 4.92. The Kier molecular flexibility index (Phi) is 7.68. The molecular formula is C22H25F3N2O3. The van der Waals surface area contributed by atoms with Gasteiger partial charge in [-0.15, -0.1) is 0 Å². The third kappa shape index (κ3) is 6.73. The highest BCUT2D eigenvalue weighted by Gasteiger charge is 2.30. The van der Waals surface area contributed by atoms with Crippen molar-refractivity contribution in [2.75, 3.05) is 13.2 Å². The Bertz CT molecular complexity index is 802. The molecule has 0 atom stereocenters. The molecule has 1 N–H and O–H groups in total. The second kappa shape index (κ2) is 10.4. The largest absolute Gasteiger partial charge is 0.439 e. The Morgan fingerprint density at radius 1 is 1.07 bits per heavy atom. The SMILES string of the molecule is O=C(NCCCOC1CCCCC1)c1ccc(Oc2ccc(C(F)(F)F)cn2)cc1. The maximum Gasteiger partial charge on any atom is 0.417 e. The van der Waals surface area contributed by atoms with E-state index in [0.717, 1.165) is 37.6 Å². The van der Waals surface area contributed by atoms with Crippen molar-refractivity contribution in [3.05, 3.63) is 53.7 Å². The fourth-order valence-corrected chi connectivity index (χ4v) is 3.26. The van der Waals surface area contributed by atoms with E-state index in [0.29, 0.717) is 30.6 Å². The lowest BCUT2D eigenvalue weighted by molar-refractivity contribution is -0.137. The molecule has 1 aliphatic rings. The number of amides is 1. The van der Waals surface area contributed by atoms with Crippen LogP contribution in [0, 0.1) is 0 Å². The van der Waals surface area contributed by atoms with Crippen molar-refractivity contribution in [1.82, 2.24) is 10.3 Å². The maximum absolute atomic E-state index is 12.6. The van der Waals surface area contributed by atoms with Gasteiger partial charge in [0.25, 0.3) is 5.91 Å². The van der Waals surface area contributed by atoms with Gasteiger partial charge < -0.3 is 14.8 Å². The molecule has 1 saturated carbocycles. The van der Waals surface area contributed by atoms with Crippen molar-refractivity contribution < 1.29 is 27.4 Å². The van der Waals surface area contributed by atoms with Crippen LogP contribution in [0.3, 0.4) is 0 Å². The minimum Gasteiger partial charge on any atom is -0.439 e. The number of rotatable bonds is 8. The number of hydrogen-bond donors (Lipinski definition) is 1. The van der Waals surface area contributed by atoms with Gasteiger partial charge in [-0.05, 0) is 49.6 Å². The maximum atomic E-state index is 12.6. The van der Waals surface area contributed by atoms with Gasteiger partial charge in [0.1, 0.15) is 5.75 Å². The first kappa shape index (κ1) is 22.1. The smallest absolute Gasteiger partial charge is 0.417 e. The number of aromatic nitrogens is 1. The lowest BCUT2D eigenvalue weighted by Gasteiger charge is -2.21. The molecule has 0 aliphatic heterocycles. The number of carbonyl (C=O) groups is 1. The molecule has 1 amide bonds. The van der Waals surface area contributed by atoms with Gasteiger partial charge >= 0.3 is 6.18 Å². The van der Waals surface area contributed by atoms with E-state index in [9.17, 15) is 18.0 Å². The van der Waals surface area contributed by atoms with E-state index in [4.69, 9.17) is 9.47 Å². The monoisotopic (exact) mass is 422 g/mol. The van der Waals surface area contributed by atoms with Gasteiger partial charge in [-0.3, -0.25) is 4.79 Å². The van der Waals surface area contributed by atoms with Gasteiger partial charge in [0.15, 0.2) is 0 Å². The molecular weight excluding hydrogens is 397 g/mol. The van der Waals surface area contributed by atoms with Crippen molar-refractivity contribution >= 4 is 5.91 Å². The molecule has 0 bridgehead atoms. The lowest BCUT2D eigenvalue weighted by atomic mass is 9.98. The molecule has 0 saturated heterocycles. The first-order valence-electron chi connectivity index (χ1n) is 10.1. The summed E-state index contributed by atoms with van der Waals surface area (Å²) >= 11 is 0. The summed E-state index contributed by atoms with van der Waals surface area (Å²) in [5, 5.41) is 2.85. The molecule has 2 aromatic rings. The zero-order chi connectivity index (χ0) is 21.4. The van der Waals surface area contributed by atoms with Crippen molar-refractivity contribution in [2.45, 2.75) is 50.8 Å². The van der Waals surface area contributed by atoms with Gasteiger partial charge in [0, 0.05) is 31.0 Å². The second-order valence-corrected chi connectivity index (χ2v) is 7.25. The van der Waals surface area contributed by atoms with Crippen LogP contribution in [0.15, 0.2) is 42.6 Å². The lowest BCUT2D eigenvalue weighted by Crippen LogP contribution is -2.26. The number of pyridine rings is 1. The van der Waals surface area contributed by atoms with Crippen LogP contribution in [-0.2, 0) is 10.9 Å². The van der Waals surface area contributed by atoms with E-state index in [2.05, 4.69) is 10.3 Å². The van der Waals surface area contributed by atoms with Crippen LogP contribution in [0.25, 0.3) is 0 Å². The van der Waals surface area contributed by atoms with Crippen LogP contribution < -0.4 is 10.1 Å². The third-order valence-corrected chi connectivity index (χ3v) is 4.92. The molecule has 1 aromatic heterocycles. The number of carbonyl (C=O) groups excluding carboxylic acids is 1. The van der Waals surface area contributed by atoms with Crippen LogP contribution in [0.5, 0.6) is 11.6 Å². The summed E-state index contributed by atoms with van der Waals surface area (Å²) in [7, 11) is 0. The van der Waals surface area contributed by atoms with E-state index in [1.165, 1.54) is 19.3 Å². The van der Waals surface area contributed by atoms with Crippen molar-refractivity contribution in [3.63, 3.8) is 0 Å². The quantitative estimate of drug-likeness (QED) is 0.582. The van der Waals surface area contributed by atoms with Gasteiger partial charge in [0.2, 0.25) is 5.88 Å². The molecule has 0 spiro atoms. The topological polar surface area (TPSA) is 60.5 Å². The van der Waals surface area contributed by atoms with Crippen molar-refractivity contribution in [2.24, 2.45) is 0 Å². The van der Waals surface area contributed by atoms with Gasteiger partial charge in [0.05, 0.1) is 11.7 Å². The van der Waals surface area contributed by atoms with Gasteiger partial charge in [-0.1, -0.05) is 19.3 Å². The average molecular weight is 422 g/mol. The Morgan fingerprint density at radius 2 is 1.80 bits per heavy atom. The first-order valence-corrected chi connectivity index (χ1v) is 10.1. The van der Waals surface area contributed by atoms with Crippen molar-refractivity contribution in [1.29, 1.82) is 0 Å². The molecule has 1 fully saturated rings. The highest BCUT2D eigenvalue weighted by atomic mass is 19.4. The zero-order valence-electron chi connectivity index (χ0n) is 16.6. The second-order valence-electron chi connectivity index (χ2n) is 7.25. The van der Waals surface area contributed by atoms with Gasteiger partial charge in [-0.2, -0.15) is 13.2 Å². The number of ether oxygens (including phenoxy) is 2. The Labute approximate surface area is 173 Å². The molecule has 162 valence electrons. The van der Waals surface area contributed by atoms with Crippen LogP contribution in [0.2, 0.25) is 0 Å². The molecule has 30 heavy (non-hydrogen) atoms. The number of nitrogens with one attached hydrogen (secondary N) is 1. The Morgan fingerprint density at radius 3 is 2.43 bits per heavy atom. The van der Waals surface area contributed by atoms with E-state index in [1.807, 2.05) is 0 Å². The number of benzene rings is 1. The minimum absolute atomic E-state index is 0.0400. The predicted molar refractivity (Wildman–Crippen MR) is 106 cm³/mol. The summed E-state index contributed by atoms with van der Waals surface area (Å²) in [4.78, 5) is 15.9. The molecule has 1 aromatic carbocycles. The normalized spacial score (nSPS) is 15.0. The molecule has 8 heteroatoms. The summed E-state index contributed by atoms with van der Waals surface area (Å²) in [5.41, 5.74) is -0.373. The average Bonchev–Trinajstić information content (AvgIpc) is 2.74. The Hall–Kier alpha value is -2.61. The van der Waals surface area contributed by atoms with Crippen molar-refractivity contribution in [3.8, 4) is 11.6 Å². The molecule has 1 aliphatic carbocycles. The molecule has 5 nitrogen and oxygen atoms in total. The van der Waals surface area contributed by atoms with E-state index in [-0.39, 0.29) is 11.8 Å². The van der Waals surface area contributed by atoms with Crippen LogP contribution in [0.4, 0.5) is 13.2 Å². The van der Waals surface area contributed by atoms with E-state index < -0.39 is 11.7 Å². The minimum atomic E-state index is -4.44. The Balaban J connectivity index is 1.40. The number of hydrogen-bond acceptors (Lipinski definition) is 4. The predicted octanol–water partition coefficient (Wildman–Crippen LogP) is 5.36. The molecule has 3 rings (SSSR count).